The third-order valence-electron chi connectivity index (χ3n) is 2.61. The molecule has 0 aliphatic rings. The van der Waals surface area contributed by atoms with Crippen molar-refractivity contribution in [3.63, 3.8) is 0 Å². The lowest BCUT2D eigenvalue weighted by Gasteiger charge is -2.19. The fourth-order valence-corrected chi connectivity index (χ4v) is 2.91. The first-order valence-electron chi connectivity index (χ1n) is 5.82. The minimum absolute atomic E-state index is 0.271. The first-order chi connectivity index (χ1) is 9.20. The van der Waals surface area contributed by atoms with Crippen molar-refractivity contribution in [3.8, 4) is 11.5 Å². The summed E-state index contributed by atoms with van der Waals surface area (Å²) < 4.78 is 0.416. The lowest BCUT2D eigenvalue weighted by atomic mass is 9.92. The highest BCUT2D eigenvalue weighted by molar-refractivity contribution is 9.10. The molecule has 4 nitrogen and oxygen atoms in total. The van der Waals surface area contributed by atoms with Crippen molar-refractivity contribution < 1.29 is 0 Å². The number of H-pyrrole nitrogens is 1. The average Bonchev–Trinajstić information content (AvgIpc) is 2.31. The first-order valence-corrected chi connectivity index (χ1v) is 7.37. The van der Waals surface area contributed by atoms with Gasteiger partial charge in [0.2, 0.25) is 0 Å². The molecule has 0 bridgehead atoms. The predicted octanol–water partition coefficient (Wildman–Crippen LogP) is 4.20. The lowest BCUT2D eigenvalue weighted by molar-refractivity contribution is 0.562. The van der Waals surface area contributed by atoms with Gasteiger partial charge in [0, 0.05) is 11.6 Å². The molecule has 2 heterocycles. The minimum atomic E-state index is -0.291. The van der Waals surface area contributed by atoms with Crippen molar-refractivity contribution in [1.29, 1.82) is 0 Å². The molecule has 0 radical (unpaired) electrons. The van der Waals surface area contributed by atoms with Crippen LogP contribution in [0.1, 0.15) is 26.5 Å². The Morgan fingerprint density at radius 1 is 1.30 bits per heavy atom. The number of rotatable bonds is 1. The summed E-state index contributed by atoms with van der Waals surface area (Å²) in [7, 11) is 0. The van der Waals surface area contributed by atoms with Gasteiger partial charge in [-0.05, 0) is 22.0 Å². The Morgan fingerprint density at radius 3 is 2.50 bits per heavy atom. The number of hydrogen-bond acceptors (Lipinski definition) is 3. The zero-order valence-electron chi connectivity index (χ0n) is 11.1. The van der Waals surface area contributed by atoms with Crippen LogP contribution in [0.3, 0.4) is 0 Å². The van der Waals surface area contributed by atoms with Gasteiger partial charge in [0.25, 0.3) is 5.56 Å². The SMILES string of the molecule is CC(C)(C)c1nc(-c2ncc(Cl)cc2Cl)[nH]c(=O)c1Br. The quantitative estimate of drug-likeness (QED) is 0.811. The molecule has 0 aliphatic carbocycles. The van der Waals surface area contributed by atoms with E-state index in [0.29, 0.717) is 31.7 Å². The van der Waals surface area contributed by atoms with E-state index in [1.807, 2.05) is 20.8 Å². The van der Waals surface area contributed by atoms with Crippen molar-refractivity contribution in [1.82, 2.24) is 15.0 Å². The molecular weight excluding hydrogens is 365 g/mol. The number of halogens is 3. The third kappa shape index (κ3) is 3.05. The molecule has 0 fully saturated rings. The van der Waals surface area contributed by atoms with Crippen LogP contribution >= 0.6 is 39.1 Å². The van der Waals surface area contributed by atoms with Gasteiger partial charge >= 0.3 is 0 Å². The molecule has 0 saturated carbocycles. The molecule has 0 unspecified atom stereocenters. The Morgan fingerprint density at radius 2 is 1.95 bits per heavy atom. The van der Waals surface area contributed by atoms with Crippen LogP contribution < -0.4 is 5.56 Å². The number of aromatic nitrogens is 3. The van der Waals surface area contributed by atoms with E-state index in [0.717, 1.165) is 0 Å². The molecule has 2 aromatic heterocycles. The summed E-state index contributed by atoms with van der Waals surface area (Å²) in [6.07, 6.45) is 1.46. The fraction of sp³-hybridized carbons (Fsp3) is 0.308. The number of aromatic amines is 1. The first kappa shape index (κ1) is 15.5. The van der Waals surface area contributed by atoms with E-state index in [4.69, 9.17) is 23.2 Å². The van der Waals surface area contributed by atoms with Gasteiger partial charge in [-0.15, -0.1) is 0 Å². The number of hydrogen-bond donors (Lipinski definition) is 1. The van der Waals surface area contributed by atoms with Gasteiger partial charge in [0.05, 0.1) is 15.7 Å². The molecule has 0 spiro atoms. The van der Waals surface area contributed by atoms with Gasteiger partial charge in [0.1, 0.15) is 10.2 Å². The second-order valence-corrected chi connectivity index (χ2v) is 6.95. The molecule has 0 atom stereocenters. The highest BCUT2D eigenvalue weighted by atomic mass is 79.9. The summed E-state index contributed by atoms with van der Waals surface area (Å²) in [6, 6.07) is 1.56. The largest absolute Gasteiger partial charge is 0.304 e. The average molecular weight is 377 g/mol. The van der Waals surface area contributed by atoms with Gasteiger partial charge in [-0.3, -0.25) is 4.79 Å². The standard InChI is InChI=1S/C13H12BrCl2N3O/c1-13(2,3)10-8(14)12(20)19-11(18-10)9-7(16)4-6(15)5-17-9/h4-5H,1-3H3,(H,18,19,20). The minimum Gasteiger partial charge on any atom is -0.304 e. The second kappa shape index (κ2) is 5.47. The molecule has 0 amide bonds. The Hall–Kier alpha value is -0.910. The summed E-state index contributed by atoms with van der Waals surface area (Å²) in [6.45, 7) is 5.92. The molecule has 1 N–H and O–H groups in total. The Balaban J connectivity index is 2.70. The molecule has 0 aromatic carbocycles. The van der Waals surface area contributed by atoms with E-state index in [2.05, 4.69) is 30.9 Å². The molecule has 7 heteroatoms. The van der Waals surface area contributed by atoms with Gasteiger partial charge in [-0.2, -0.15) is 0 Å². The highest BCUT2D eigenvalue weighted by Crippen LogP contribution is 2.29. The van der Waals surface area contributed by atoms with Gasteiger partial charge < -0.3 is 4.98 Å². The van der Waals surface area contributed by atoms with Gasteiger partial charge in [-0.25, -0.2) is 9.97 Å². The Labute approximate surface area is 134 Å². The number of nitrogens with one attached hydrogen (secondary N) is 1. The van der Waals surface area contributed by atoms with E-state index < -0.39 is 0 Å². The maximum atomic E-state index is 12.0. The molecule has 2 aromatic rings. The molecule has 20 heavy (non-hydrogen) atoms. The van der Waals surface area contributed by atoms with E-state index in [1.165, 1.54) is 6.20 Å². The van der Waals surface area contributed by atoms with Crippen LogP contribution in [-0.2, 0) is 5.41 Å². The van der Waals surface area contributed by atoms with Crippen LogP contribution in [0.2, 0.25) is 10.0 Å². The van der Waals surface area contributed by atoms with Crippen molar-refractivity contribution in [2.24, 2.45) is 0 Å². The summed E-state index contributed by atoms with van der Waals surface area (Å²) in [4.78, 5) is 23.3. The highest BCUT2D eigenvalue weighted by Gasteiger charge is 2.23. The zero-order chi connectivity index (χ0) is 15.1. The van der Waals surface area contributed by atoms with E-state index in [1.54, 1.807) is 6.07 Å². The number of pyridine rings is 1. The van der Waals surface area contributed by atoms with Gasteiger partial charge in [0.15, 0.2) is 5.82 Å². The normalized spacial score (nSPS) is 11.7. The second-order valence-electron chi connectivity index (χ2n) is 5.31. The van der Waals surface area contributed by atoms with Gasteiger partial charge in [-0.1, -0.05) is 44.0 Å². The van der Waals surface area contributed by atoms with E-state index in [-0.39, 0.29) is 11.0 Å². The molecule has 0 saturated heterocycles. The Kier molecular flexibility index (Phi) is 4.23. The molecule has 0 aliphatic heterocycles. The predicted molar refractivity (Wildman–Crippen MR) is 84.5 cm³/mol. The van der Waals surface area contributed by atoms with Crippen LogP contribution in [0.25, 0.3) is 11.5 Å². The van der Waals surface area contributed by atoms with Crippen LogP contribution in [0.5, 0.6) is 0 Å². The van der Waals surface area contributed by atoms with Crippen molar-refractivity contribution in [2.75, 3.05) is 0 Å². The Bertz CT molecular complexity index is 723. The topological polar surface area (TPSA) is 58.6 Å². The van der Waals surface area contributed by atoms with E-state index >= 15 is 0 Å². The zero-order valence-corrected chi connectivity index (χ0v) is 14.2. The molecule has 2 rings (SSSR count). The van der Waals surface area contributed by atoms with Crippen LogP contribution in [0.15, 0.2) is 21.5 Å². The van der Waals surface area contributed by atoms with Crippen LogP contribution in [-0.4, -0.2) is 15.0 Å². The van der Waals surface area contributed by atoms with Crippen molar-refractivity contribution >= 4 is 39.1 Å². The number of nitrogens with zero attached hydrogens (tertiary/aromatic N) is 2. The van der Waals surface area contributed by atoms with Crippen LogP contribution in [0.4, 0.5) is 0 Å². The molecular formula is C13H12BrCl2N3O. The van der Waals surface area contributed by atoms with E-state index in [9.17, 15) is 4.79 Å². The fourth-order valence-electron chi connectivity index (χ4n) is 1.66. The maximum absolute atomic E-state index is 12.0. The molecule has 106 valence electrons. The smallest absolute Gasteiger partial charge is 0.265 e. The summed E-state index contributed by atoms with van der Waals surface area (Å²) in [5.74, 6) is 0.324. The summed E-state index contributed by atoms with van der Waals surface area (Å²) in [5, 5.41) is 0.761. The van der Waals surface area contributed by atoms with Crippen LogP contribution in [0, 0.1) is 0 Å². The summed E-state index contributed by atoms with van der Waals surface area (Å²) >= 11 is 15.2. The third-order valence-corrected chi connectivity index (χ3v) is 3.84. The van der Waals surface area contributed by atoms with Crippen molar-refractivity contribution in [2.45, 2.75) is 26.2 Å². The summed E-state index contributed by atoms with van der Waals surface area (Å²) in [5.41, 5.74) is 0.476. The monoisotopic (exact) mass is 375 g/mol. The maximum Gasteiger partial charge on any atom is 0.265 e. The lowest BCUT2D eigenvalue weighted by Crippen LogP contribution is -2.22. The van der Waals surface area contributed by atoms with Crippen molar-refractivity contribution in [3.05, 3.63) is 42.8 Å².